The Morgan fingerprint density at radius 3 is 2.71 bits per heavy atom. The SMILES string of the molecule is COC(=O)C1COC(=O)C(Cc2nc3ccccc3o2)CC=CCC(C(=O)N[C@H](C)CO)C(=O)N1. The fraction of sp³-hybridized carbons (Fsp3) is 0.458. The summed E-state index contributed by atoms with van der Waals surface area (Å²) in [5.41, 5.74) is 1.26. The minimum atomic E-state index is -1.30. The molecule has 11 heteroatoms. The molecule has 35 heavy (non-hydrogen) atoms. The van der Waals surface area contributed by atoms with Crippen LogP contribution < -0.4 is 10.6 Å². The van der Waals surface area contributed by atoms with E-state index in [4.69, 9.17) is 13.9 Å². The lowest BCUT2D eigenvalue weighted by atomic mass is 9.98. The van der Waals surface area contributed by atoms with Crippen LogP contribution in [0.5, 0.6) is 0 Å². The number of hydrogen-bond donors (Lipinski definition) is 3. The third-order valence-electron chi connectivity index (χ3n) is 5.54. The molecule has 0 saturated heterocycles. The Morgan fingerprint density at radius 1 is 1.26 bits per heavy atom. The molecule has 11 nitrogen and oxygen atoms in total. The van der Waals surface area contributed by atoms with Gasteiger partial charge in [-0.25, -0.2) is 9.78 Å². The number of para-hydroxylation sites is 2. The molecule has 3 unspecified atom stereocenters. The van der Waals surface area contributed by atoms with Gasteiger partial charge >= 0.3 is 11.9 Å². The molecule has 0 spiro atoms. The summed E-state index contributed by atoms with van der Waals surface area (Å²) in [4.78, 5) is 54.9. The van der Waals surface area contributed by atoms with E-state index in [9.17, 15) is 24.3 Å². The highest BCUT2D eigenvalue weighted by Crippen LogP contribution is 2.21. The molecule has 2 heterocycles. The van der Waals surface area contributed by atoms with Crippen molar-refractivity contribution in [1.82, 2.24) is 15.6 Å². The van der Waals surface area contributed by atoms with Crippen molar-refractivity contribution in [3.63, 3.8) is 0 Å². The minimum Gasteiger partial charge on any atom is -0.467 e. The number of rotatable bonds is 6. The topological polar surface area (TPSA) is 157 Å². The molecule has 2 amide bonds. The first kappa shape index (κ1) is 25.9. The number of esters is 2. The molecule has 3 rings (SSSR count). The lowest BCUT2D eigenvalue weighted by Gasteiger charge is -2.23. The van der Waals surface area contributed by atoms with Crippen LogP contribution in [0.4, 0.5) is 0 Å². The summed E-state index contributed by atoms with van der Waals surface area (Å²) in [5.74, 6) is -4.22. The average Bonchev–Trinajstić information content (AvgIpc) is 3.26. The van der Waals surface area contributed by atoms with E-state index < -0.39 is 54.3 Å². The van der Waals surface area contributed by atoms with E-state index in [-0.39, 0.29) is 25.9 Å². The number of aliphatic hydroxyl groups excluding tert-OH is 1. The number of carbonyl (C=O) groups is 4. The molecule has 0 bridgehead atoms. The Kier molecular flexibility index (Phi) is 8.96. The van der Waals surface area contributed by atoms with Crippen molar-refractivity contribution >= 4 is 34.9 Å². The predicted octanol–water partition coefficient (Wildman–Crippen LogP) is 0.651. The molecule has 0 saturated carbocycles. The highest BCUT2D eigenvalue weighted by molar-refractivity contribution is 6.01. The molecule has 0 aliphatic carbocycles. The van der Waals surface area contributed by atoms with Gasteiger partial charge in [-0.1, -0.05) is 24.3 Å². The monoisotopic (exact) mass is 487 g/mol. The summed E-state index contributed by atoms with van der Waals surface area (Å²) in [6.07, 6.45) is 3.73. The molecule has 0 radical (unpaired) electrons. The maximum atomic E-state index is 12.8. The quantitative estimate of drug-likeness (QED) is 0.302. The van der Waals surface area contributed by atoms with Crippen LogP contribution in [0, 0.1) is 11.8 Å². The van der Waals surface area contributed by atoms with Crippen LogP contribution >= 0.6 is 0 Å². The van der Waals surface area contributed by atoms with Crippen LogP contribution in [0.25, 0.3) is 11.1 Å². The van der Waals surface area contributed by atoms with Crippen LogP contribution in [0.2, 0.25) is 0 Å². The van der Waals surface area contributed by atoms with Crippen molar-refractivity contribution in [1.29, 1.82) is 0 Å². The van der Waals surface area contributed by atoms with Crippen molar-refractivity contribution in [2.75, 3.05) is 20.3 Å². The van der Waals surface area contributed by atoms with E-state index >= 15 is 0 Å². The minimum absolute atomic E-state index is 0.0222. The van der Waals surface area contributed by atoms with Crippen LogP contribution in [0.1, 0.15) is 25.7 Å². The van der Waals surface area contributed by atoms with Gasteiger partial charge in [0.1, 0.15) is 18.0 Å². The summed E-state index contributed by atoms with van der Waals surface area (Å²) >= 11 is 0. The summed E-state index contributed by atoms with van der Waals surface area (Å²) < 4.78 is 15.8. The molecule has 1 aliphatic rings. The van der Waals surface area contributed by atoms with E-state index in [0.29, 0.717) is 17.0 Å². The number of aromatic nitrogens is 1. The van der Waals surface area contributed by atoms with Crippen LogP contribution in [0.15, 0.2) is 40.8 Å². The summed E-state index contributed by atoms with van der Waals surface area (Å²) in [5, 5.41) is 14.2. The van der Waals surface area contributed by atoms with Crippen molar-refractivity contribution in [2.45, 2.75) is 38.3 Å². The number of benzene rings is 1. The predicted molar refractivity (Wildman–Crippen MR) is 123 cm³/mol. The van der Waals surface area contributed by atoms with E-state index in [0.717, 1.165) is 7.11 Å². The number of cyclic esters (lactones) is 1. The standard InChI is InChI=1S/C24H29N3O8/c1-14(12-28)25-21(29)16-8-4-3-7-15(11-20-26-17-9-5-6-10-19(17)35-20)23(31)34-13-18(24(32)33-2)27-22(16)30/h3-6,9-10,14-16,18,28H,7-8,11-13H2,1-2H3,(H,25,29)(H,27,30)/t14-,15?,16?,18?/m1/s1. The van der Waals surface area contributed by atoms with E-state index in [1.54, 1.807) is 31.2 Å². The van der Waals surface area contributed by atoms with E-state index in [2.05, 4.69) is 15.6 Å². The van der Waals surface area contributed by atoms with Crippen molar-refractivity contribution in [3.05, 3.63) is 42.3 Å². The fourth-order valence-electron chi connectivity index (χ4n) is 3.56. The second-order valence-electron chi connectivity index (χ2n) is 8.28. The van der Waals surface area contributed by atoms with Crippen LogP contribution in [-0.4, -0.2) is 66.3 Å². The normalized spacial score (nSPS) is 22.3. The zero-order valence-corrected chi connectivity index (χ0v) is 19.6. The first-order valence-corrected chi connectivity index (χ1v) is 11.3. The lowest BCUT2D eigenvalue weighted by Crippen LogP contribution is -2.51. The number of nitrogens with one attached hydrogen (secondary N) is 2. The fourth-order valence-corrected chi connectivity index (χ4v) is 3.56. The molecule has 0 fully saturated rings. The number of carbonyl (C=O) groups excluding carboxylic acids is 4. The number of fused-ring (bicyclic) bond motifs is 1. The third kappa shape index (κ3) is 6.89. The third-order valence-corrected chi connectivity index (χ3v) is 5.54. The van der Waals surface area contributed by atoms with Gasteiger partial charge in [0.05, 0.1) is 19.6 Å². The molecule has 2 aromatic rings. The van der Waals surface area contributed by atoms with Gasteiger partial charge in [0.15, 0.2) is 17.5 Å². The van der Waals surface area contributed by atoms with Crippen molar-refractivity contribution < 1.29 is 38.2 Å². The Morgan fingerprint density at radius 2 is 2.00 bits per heavy atom. The van der Waals surface area contributed by atoms with E-state index in [1.807, 2.05) is 12.1 Å². The molecule has 188 valence electrons. The van der Waals surface area contributed by atoms with Crippen LogP contribution in [-0.2, 0) is 35.1 Å². The number of oxazole rings is 1. The van der Waals surface area contributed by atoms with Gasteiger partial charge in [-0.05, 0) is 31.9 Å². The number of amides is 2. The Balaban J connectivity index is 1.82. The maximum Gasteiger partial charge on any atom is 0.331 e. The first-order chi connectivity index (χ1) is 16.8. The number of ether oxygens (including phenoxy) is 2. The van der Waals surface area contributed by atoms with Crippen molar-refractivity contribution in [2.24, 2.45) is 11.8 Å². The Bertz CT molecular complexity index is 1060. The second-order valence-corrected chi connectivity index (χ2v) is 8.28. The Hall–Kier alpha value is -3.73. The largest absolute Gasteiger partial charge is 0.467 e. The number of hydrogen-bond acceptors (Lipinski definition) is 9. The van der Waals surface area contributed by atoms with Gasteiger partial charge in [-0.15, -0.1) is 0 Å². The van der Waals surface area contributed by atoms with Crippen molar-refractivity contribution in [3.8, 4) is 0 Å². The Labute approximate surface area is 201 Å². The number of nitrogens with zero attached hydrogens (tertiary/aromatic N) is 1. The van der Waals surface area contributed by atoms with Crippen LogP contribution in [0.3, 0.4) is 0 Å². The second kappa shape index (κ2) is 12.1. The molecular weight excluding hydrogens is 458 g/mol. The highest BCUT2D eigenvalue weighted by Gasteiger charge is 2.33. The molecule has 4 atom stereocenters. The summed E-state index contributed by atoms with van der Waals surface area (Å²) in [7, 11) is 1.14. The molecule has 1 aliphatic heterocycles. The van der Waals surface area contributed by atoms with Gasteiger partial charge in [-0.3, -0.25) is 14.4 Å². The van der Waals surface area contributed by atoms with Gasteiger partial charge in [0.2, 0.25) is 11.8 Å². The highest BCUT2D eigenvalue weighted by atomic mass is 16.5. The summed E-state index contributed by atoms with van der Waals surface area (Å²) in [6.45, 7) is 0.828. The lowest BCUT2D eigenvalue weighted by molar-refractivity contribution is -0.155. The molecular formula is C24H29N3O8. The first-order valence-electron chi connectivity index (χ1n) is 11.3. The van der Waals surface area contributed by atoms with E-state index in [1.165, 1.54) is 0 Å². The molecule has 1 aromatic heterocycles. The molecule has 1 aromatic carbocycles. The number of methoxy groups -OCH3 is 1. The maximum absolute atomic E-state index is 12.8. The van der Waals surface area contributed by atoms with Gasteiger partial charge < -0.3 is 29.6 Å². The number of allylic oxidation sites excluding steroid dienone is 2. The zero-order chi connectivity index (χ0) is 25.4. The smallest absolute Gasteiger partial charge is 0.331 e. The number of aliphatic hydroxyl groups is 1. The molecule has 3 N–H and O–H groups in total. The van der Waals surface area contributed by atoms with Gasteiger partial charge in [0, 0.05) is 12.5 Å². The van der Waals surface area contributed by atoms with Gasteiger partial charge in [-0.2, -0.15) is 0 Å². The zero-order valence-electron chi connectivity index (χ0n) is 19.6. The van der Waals surface area contributed by atoms with Gasteiger partial charge in [0.25, 0.3) is 0 Å². The average molecular weight is 488 g/mol. The summed E-state index contributed by atoms with van der Waals surface area (Å²) in [6, 6.07) is 5.37.